The van der Waals surface area contributed by atoms with Crippen molar-refractivity contribution in [2.24, 2.45) is 0 Å². The van der Waals surface area contributed by atoms with E-state index in [1.165, 1.54) is 0 Å². The lowest BCUT2D eigenvalue weighted by molar-refractivity contribution is 0.0927. The second kappa shape index (κ2) is 6.07. The summed E-state index contributed by atoms with van der Waals surface area (Å²) in [6.45, 7) is 1.95. The summed E-state index contributed by atoms with van der Waals surface area (Å²) >= 11 is 1.61. The van der Waals surface area contributed by atoms with Crippen molar-refractivity contribution in [3.05, 3.63) is 29.8 Å². The van der Waals surface area contributed by atoms with Gasteiger partial charge in [-0.3, -0.25) is 4.79 Å². The molecule has 3 nitrogen and oxygen atoms in total. The molecule has 0 spiro atoms. The lowest BCUT2D eigenvalue weighted by Crippen LogP contribution is -2.45. The van der Waals surface area contributed by atoms with Gasteiger partial charge in [0.1, 0.15) is 0 Å². The minimum absolute atomic E-state index is 0.0450. The van der Waals surface area contributed by atoms with Gasteiger partial charge in [0.2, 0.25) is 0 Å². The van der Waals surface area contributed by atoms with Gasteiger partial charge in [-0.15, -0.1) is 11.8 Å². The van der Waals surface area contributed by atoms with Gasteiger partial charge < -0.3 is 10.6 Å². The Hall–Kier alpha value is -1.00. The summed E-state index contributed by atoms with van der Waals surface area (Å²) in [4.78, 5) is 13.2. The number of hydrogen-bond donors (Lipinski definition) is 2. The van der Waals surface area contributed by atoms with E-state index >= 15 is 0 Å². The molecule has 1 aliphatic rings. The zero-order valence-electron chi connectivity index (χ0n) is 10.0. The van der Waals surface area contributed by atoms with Gasteiger partial charge >= 0.3 is 0 Å². The van der Waals surface area contributed by atoms with Gasteiger partial charge in [0.05, 0.1) is 5.56 Å². The molecule has 1 amide bonds. The molecule has 17 heavy (non-hydrogen) atoms. The Balaban J connectivity index is 2.03. The van der Waals surface area contributed by atoms with Crippen LogP contribution in [0.5, 0.6) is 0 Å². The molecule has 0 bridgehead atoms. The highest BCUT2D eigenvalue weighted by atomic mass is 32.2. The van der Waals surface area contributed by atoms with Crippen molar-refractivity contribution in [3.63, 3.8) is 0 Å². The maximum atomic E-state index is 12.1. The largest absolute Gasteiger partial charge is 0.348 e. The number of piperidine rings is 1. The van der Waals surface area contributed by atoms with Crippen LogP contribution in [0.4, 0.5) is 0 Å². The van der Waals surface area contributed by atoms with Crippen LogP contribution in [0.3, 0.4) is 0 Å². The van der Waals surface area contributed by atoms with Crippen LogP contribution in [0.2, 0.25) is 0 Å². The average Bonchev–Trinajstić information content (AvgIpc) is 2.40. The first-order chi connectivity index (χ1) is 8.31. The normalized spacial score (nSPS) is 19.9. The third-order valence-electron chi connectivity index (χ3n) is 2.98. The lowest BCUT2D eigenvalue weighted by Gasteiger charge is -2.24. The fourth-order valence-electron chi connectivity index (χ4n) is 2.07. The average molecular weight is 250 g/mol. The van der Waals surface area contributed by atoms with E-state index in [0.29, 0.717) is 0 Å². The lowest BCUT2D eigenvalue weighted by atomic mass is 10.1. The molecule has 0 saturated carbocycles. The van der Waals surface area contributed by atoms with Crippen LogP contribution < -0.4 is 10.6 Å². The Morgan fingerprint density at radius 1 is 1.47 bits per heavy atom. The van der Waals surface area contributed by atoms with E-state index in [4.69, 9.17) is 0 Å². The first-order valence-electron chi connectivity index (χ1n) is 5.96. The second-order valence-corrected chi connectivity index (χ2v) is 5.07. The number of carbonyl (C=O) groups excluding carboxylic acids is 1. The van der Waals surface area contributed by atoms with Crippen molar-refractivity contribution >= 4 is 17.7 Å². The summed E-state index contributed by atoms with van der Waals surface area (Å²) < 4.78 is 0. The minimum Gasteiger partial charge on any atom is -0.348 e. The molecule has 1 fully saturated rings. The molecule has 0 radical (unpaired) electrons. The van der Waals surface area contributed by atoms with Crippen molar-refractivity contribution in [1.29, 1.82) is 0 Å². The van der Waals surface area contributed by atoms with Crippen LogP contribution in [0.25, 0.3) is 0 Å². The smallest absolute Gasteiger partial charge is 0.252 e. The van der Waals surface area contributed by atoms with Gasteiger partial charge in [0, 0.05) is 17.5 Å². The van der Waals surface area contributed by atoms with E-state index in [1.54, 1.807) is 11.8 Å². The van der Waals surface area contributed by atoms with Gasteiger partial charge in [-0.05, 0) is 37.8 Å². The summed E-state index contributed by atoms with van der Waals surface area (Å²) in [6, 6.07) is 8.01. The number of rotatable bonds is 3. The summed E-state index contributed by atoms with van der Waals surface area (Å²) in [7, 11) is 0. The molecule has 92 valence electrons. The molecule has 1 aromatic rings. The highest BCUT2D eigenvalue weighted by molar-refractivity contribution is 7.98. The zero-order valence-corrected chi connectivity index (χ0v) is 10.8. The predicted molar refractivity (Wildman–Crippen MR) is 71.6 cm³/mol. The monoisotopic (exact) mass is 250 g/mol. The van der Waals surface area contributed by atoms with E-state index in [2.05, 4.69) is 10.6 Å². The predicted octanol–water partition coefficient (Wildman–Crippen LogP) is 1.89. The Morgan fingerprint density at radius 2 is 2.29 bits per heavy atom. The summed E-state index contributed by atoms with van der Waals surface area (Å²) in [5.41, 5.74) is 0.783. The summed E-state index contributed by atoms with van der Waals surface area (Å²) in [5, 5.41) is 6.40. The number of amides is 1. The fraction of sp³-hybridized carbons (Fsp3) is 0.462. The molecule has 1 aliphatic heterocycles. The van der Waals surface area contributed by atoms with E-state index < -0.39 is 0 Å². The van der Waals surface area contributed by atoms with Crippen LogP contribution in [0.15, 0.2) is 29.2 Å². The van der Waals surface area contributed by atoms with Gasteiger partial charge in [0.25, 0.3) is 5.91 Å². The minimum atomic E-state index is 0.0450. The molecule has 4 heteroatoms. The van der Waals surface area contributed by atoms with Crippen molar-refractivity contribution < 1.29 is 4.79 Å². The number of benzene rings is 1. The summed E-state index contributed by atoms with van der Waals surface area (Å²) in [6.07, 6.45) is 4.20. The fourth-order valence-corrected chi connectivity index (χ4v) is 2.67. The van der Waals surface area contributed by atoms with Crippen LogP contribution in [0.1, 0.15) is 23.2 Å². The number of carbonyl (C=O) groups is 1. The van der Waals surface area contributed by atoms with E-state index in [9.17, 15) is 4.79 Å². The van der Waals surface area contributed by atoms with Crippen molar-refractivity contribution in [1.82, 2.24) is 10.6 Å². The zero-order chi connectivity index (χ0) is 12.1. The Kier molecular flexibility index (Phi) is 4.45. The third-order valence-corrected chi connectivity index (χ3v) is 3.78. The van der Waals surface area contributed by atoms with Crippen molar-refractivity contribution in [2.75, 3.05) is 19.3 Å². The molecule has 0 aliphatic carbocycles. The Morgan fingerprint density at radius 3 is 3.00 bits per heavy atom. The first-order valence-corrected chi connectivity index (χ1v) is 7.18. The molecule has 2 N–H and O–H groups in total. The molecule has 2 rings (SSSR count). The number of thioether (sulfide) groups is 1. The second-order valence-electron chi connectivity index (χ2n) is 4.22. The Bertz CT molecular complexity index is 389. The maximum Gasteiger partial charge on any atom is 0.252 e. The van der Waals surface area contributed by atoms with Gasteiger partial charge in [-0.2, -0.15) is 0 Å². The van der Waals surface area contributed by atoms with E-state index in [-0.39, 0.29) is 11.9 Å². The van der Waals surface area contributed by atoms with Crippen LogP contribution in [-0.2, 0) is 0 Å². The van der Waals surface area contributed by atoms with E-state index in [0.717, 1.165) is 36.4 Å². The number of nitrogens with one attached hydrogen (secondary N) is 2. The third kappa shape index (κ3) is 3.23. The molecular weight excluding hydrogens is 232 g/mol. The molecular formula is C13H18N2OS. The SMILES string of the molecule is CSc1ccccc1C(=O)N[C@H]1CCCNC1. The standard InChI is InChI=1S/C13H18N2OS/c1-17-12-7-3-2-6-11(12)13(16)15-10-5-4-8-14-9-10/h2-3,6-7,10,14H,4-5,8-9H2,1H3,(H,15,16)/t10-/m0/s1. The maximum absolute atomic E-state index is 12.1. The molecule has 0 aromatic heterocycles. The summed E-state index contributed by atoms with van der Waals surface area (Å²) in [5.74, 6) is 0.0450. The van der Waals surface area contributed by atoms with Crippen LogP contribution in [0, 0.1) is 0 Å². The molecule has 1 heterocycles. The molecule has 1 aromatic carbocycles. The topological polar surface area (TPSA) is 41.1 Å². The highest BCUT2D eigenvalue weighted by Gasteiger charge is 2.17. The van der Waals surface area contributed by atoms with Crippen LogP contribution >= 0.6 is 11.8 Å². The van der Waals surface area contributed by atoms with Gasteiger partial charge in [0.15, 0.2) is 0 Å². The van der Waals surface area contributed by atoms with Gasteiger partial charge in [-0.25, -0.2) is 0 Å². The molecule has 1 saturated heterocycles. The highest BCUT2D eigenvalue weighted by Crippen LogP contribution is 2.19. The van der Waals surface area contributed by atoms with Gasteiger partial charge in [-0.1, -0.05) is 12.1 Å². The van der Waals surface area contributed by atoms with Crippen molar-refractivity contribution in [3.8, 4) is 0 Å². The van der Waals surface area contributed by atoms with E-state index in [1.807, 2.05) is 30.5 Å². The number of hydrogen-bond acceptors (Lipinski definition) is 3. The Labute approximate surface area is 106 Å². The quantitative estimate of drug-likeness (QED) is 0.805. The molecule has 1 atom stereocenters. The first kappa shape index (κ1) is 12.5. The van der Waals surface area contributed by atoms with Crippen LogP contribution in [-0.4, -0.2) is 31.3 Å². The molecule has 0 unspecified atom stereocenters. The van der Waals surface area contributed by atoms with Crippen molar-refractivity contribution in [2.45, 2.75) is 23.8 Å².